The Kier molecular flexibility index (Phi) is 8.15. The second-order valence-electron chi connectivity index (χ2n) is 5.58. The summed E-state index contributed by atoms with van der Waals surface area (Å²) in [4.78, 5) is 0.442. The Morgan fingerprint density at radius 3 is 2.60 bits per heavy atom. The lowest BCUT2D eigenvalue weighted by Gasteiger charge is -2.12. The maximum Gasteiger partial charge on any atom is 0.106 e. The number of nitrogens with two attached hydrogens (primary N) is 1. The van der Waals surface area contributed by atoms with E-state index in [1.807, 2.05) is 18.2 Å². The zero-order chi connectivity index (χ0) is 15.0. The summed E-state index contributed by atoms with van der Waals surface area (Å²) in [6, 6.07) is 5.95. The Labute approximate surface area is 136 Å². The van der Waals surface area contributed by atoms with Crippen LogP contribution in [0.1, 0.15) is 51.5 Å². The van der Waals surface area contributed by atoms with E-state index in [9.17, 15) is 0 Å². The lowest BCUT2D eigenvalue weighted by atomic mass is 10.0. The largest absolute Gasteiger partial charge is 0.389 e. The summed E-state index contributed by atoms with van der Waals surface area (Å²) < 4.78 is 1.04. The monoisotopic (exact) mass is 356 g/mol. The highest BCUT2D eigenvalue weighted by molar-refractivity contribution is 9.10. The van der Waals surface area contributed by atoms with Gasteiger partial charge in [-0.1, -0.05) is 67.7 Å². The van der Waals surface area contributed by atoms with Gasteiger partial charge < -0.3 is 11.1 Å². The fraction of sp³-hybridized carbons (Fsp3) is 0.562. The van der Waals surface area contributed by atoms with Crippen LogP contribution in [0.15, 0.2) is 22.7 Å². The van der Waals surface area contributed by atoms with Gasteiger partial charge in [-0.25, -0.2) is 0 Å². The topological polar surface area (TPSA) is 38.0 Å². The highest BCUT2D eigenvalue weighted by atomic mass is 79.9. The molecule has 0 aliphatic rings. The summed E-state index contributed by atoms with van der Waals surface area (Å²) >= 11 is 8.55. The first kappa shape index (κ1) is 17.4. The predicted molar refractivity (Wildman–Crippen MR) is 96.4 cm³/mol. The van der Waals surface area contributed by atoms with Crippen LogP contribution in [0.4, 0.5) is 5.69 Å². The molecule has 112 valence electrons. The van der Waals surface area contributed by atoms with Gasteiger partial charge >= 0.3 is 0 Å². The third-order valence-corrected chi connectivity index (χ3v) is 3.98. The number of rotatable bonds is 9. The molecule has 0 amide bonds. The van der Waals surface area contributed by atoms with Crippen LogP contribution >= 0.6 is 28.1 Å². The molecule has 20 heavy (non-hydrogen) atoms. The Balaban J connectivity index is 2.31. The summed E-state index contributed by atoms with van der Waals surface area (Å²) in [6.45, 7) is 5.53. The molecule has 0 spiro atoms. The van der Waals surface area contributed by atoms with E-state index >= 15 is 0 Å². The molecule has 1 aromatic rings. The molecule has 1 aromatic carbocycles. The van der Waals surface area contributed by atoms with Gasteiger partial charge in [0.1, 0.15) is 4.99 Å². The van der Waals surface area contributed by atoms with Crippen molar-refractivity contribution >= 4 is 38.8 Å². The molecule has 0 saturated heterocycles. The summed E-state index contributed by atoms with van der Waals surface area (Å²) in [6.07, 6.45) is 6.45. The molecule has 2 nitrogen and oxygen atoms in total. The van der Waals surface area contributed by atoms with E-state index in [-0.39, 0.29) is 0 Å². The average molecular weight is 357 g/mol. The maximum absolute atomic E-state index is 5.74. The smallest absolute Gasteiger partial charge is 0.106 e. The van der Waals surface area contributed by atoms with Gasteiger partial charge in [-0.15, -0.1) is 0 Å². The molecular weight excluding hydrogens is 332 g/mol. The van der Waals surface area contributed by atoms with Crippen molar-refractivity contribution in [2.75, 3.05) is 11.9 Å². The highest BCUT2D eigenvalue weighted by Gasteiger charge is 2.05. The molecule has 0 aliphatic heterocycles. The molecule has 0 saturated carbocycles. The zero-order valence-electron chi connectivity index (χ0n) is 12.4. The lowest BCUT2D eigenvalue weighted by Crippen LogP contribution is -2.13. The van der Waals surface area contributed by atoms with E-state index in [1.165, 1.54) is 32.1 Å². The van der Waals surface area contributed by atoms with Crippen LogP contribution in [-0.2, 0) is 0 Å². The molecule has 0 aliphatic carbocycles. The van der Waals surface area contributed by atoms with Gasteiger partial charge in [0.2, 0.25) is 0 Å². The number of hydrogen-bond donors (Lipinski definition) is 2. The van der Waals surface area contributed by atoms with Gasteiger partial charge in [-0.2, -0.15) is 0 Å². The summed E-state index contributed by atoms with van der Waals surface area (Å²) in [5.41, 5.74) is 7.68. The van der Waals surface area contributed by atoms with Gasteiger partial charge in [-0.05, 0) is 30.5 Å². The fourth-order valence-corrected chi connectivity index (χ4v) is 2.67. The Morgan fingerprint density at radius 2 is 1.95 bits per heavy atom. The minimum Gasteiger partial charge on any atom is -0.389 e. The third-order valence-electron chi connectivity index (χ3n) is 3.27. The molecular formula is C16H25BrN2S. The van der Waals surface area contributed by atoms with Crippen LogP contribution in [-0.4, -0.2) is 11.5 Å². The first-order valence-corrected chi connectivity index (χ1v) is 8.54. The van der Waals surface area contributed by atoms with Crippen LogP contribution in [0.5, 0.6) is 0 Å². The van der Waals surface area contributed by atoms with Crippen molar-refractivity contribution < 1.29 is 0 Å². The van der Waals surface area contributed by atoms with Crippen molar-refractivity contribution in [3.05, 3.63) is 28.2 Å². The predicted octanol–water partition coefficient (Wildman–Crippen LogP) is 5.10. The van der Waals surface area contributed by atoms with Crippen LogP contribution in [0, 0.1) is 5.92 Å². The molecule has 4 heteroatoms. The van der Waals surface area contributed by atoms with Crippen molar-refractivity contribution in [1.82, 2.24) is 0 Å². The van der Waals surface area contributed by atoms with Crippen molar-refractivity contribution in [2.24, 2.45) is 11.7 Å². The fourth-order valence-electron chi connectivity index (χ4n) is 2.13. The number of nitrogens with one attached hydrogen (secondary N) is 1. The molecule has 0 bridgehead atoms. The van der Waals surface area contributed by atoms with Crippen molar-refractivity contribution in [1.29, 1.82) is 0 Å². The third kappa shape index (κ3) is 6.71. The normalized spacial score (nSPS) is 10.8. The van der Waals surface area contributed by atoms with Crippen LogP contribution in [0.2, 0.25) is 0 Å². The summed E-state index contributed by atoms with van der Waals surface area (Å²) in [5, 5.41) is 3.44. The van der Waals surface area contributed by atoms with Crippen LogP contribution in [0.3, 0.4) is 0 Å². The van der Waals surface area contributed by atoms with Gasteiger partial charge in [0.05, 0.1) is 0 Å². The standard InChI is InChI=1S/C16H25BrN2S/c1-12(2)7-5-3-4-6-10-19-15-11-13(17)8-9-14(15)16(18)20/h8-9,11-12,19H,3-7,10H2,1-2H3,(H2,18,20). The van der Waals surface area contributed by atoms with E-state index in [0.717, 1.165) is 28.2 Å². The second-order valence-corrected chi connectivity index (χ2v) is 6.93. The Hall–Kier alpha value is -0.610. The van der Waals surface area contributed by atoms with Gasteiger partial charge in [0.15, 0.2) is 0 Å². The summed E-state index contributed by atoms with van der Waals surface area (Å²) in [7, 11) is 0. The lowest BCUT2D eigenvalue weighted by molar-refractivity contribution is 0.523. The second kappa shape index (κ2) is 9.35. The minimum atomic E-state index is 0.442. The SMILES string of the molecule is CC(C)CCCCCCNc1cc(Br)ccc1C(N)=S. The molecule has 0 aromatic heterocycles. The summed E-state index contributed by atoms with van der Waals surface area (Å²) in [5.74, 6) is 0.822. The average Bonchev–Trinajstić information content (AvgIpc) is 2.37. The molecule has 0 atom stereocenters. The van der Waals surface area contributed by atoms with Gasteiger partial charge in [0.25, 0.3) is 0 Å². The van der Waals surface area contributed by atoms with E-state index < -0.39 is 0 Å². The van der Waals surface area contributed by atoms with Crippen LogP contribution in [0.25, 0.3) is 0 Å². The van der Waals surface area contributed by atoms with Crippen molar-refractivity contribution in [3.8, 4) is 0 Å². The number of hydrogen-bond acceptors (Lipinski definition) is 2. The van der Waals surface area contributed by atoms with Gasteiger partial charge in [0, 0.05) is 22.3 Å². The Morgan fingerprint density at radius 1 is 1.25 bits per heavy atom. The van der Waals surface area contributed by atoms with E-state index in [0.29, 0.717) is 4.99 Å². The number of unbranched alkanes of at least 4 members (excludes halogenated alkanes) is 3. The van der Waals surface area contributed by atoms with Gasteiger partial charge in [-0.3, -0.25) is 0 Å². The van der Waals surface area contributed by atoms with E-state index in [1.54, 1.807) is 0 Å². The first-order chi connectivity index (χ1) is 9.50. The molecule has 0 fully saturated rings. The molecule has 0 radical (unpaired) electrons. The van der Waals surface area contributed by atoms with E-state index in [2.05, 4.69) is 35.1 Å². The molecule has 3 N–H and O–H groups in total. The van der Waals surface area contributed by atoms with Crippen molar-refractivity contribution in [3.63, 3.8) is 0 Å². The van der Waals surface area contributed by atoms with Crippen molar-refractivity contribution in [2.45, 2.75) is 46.0 Å². The number of thiocarbonyl (C=S) groups is 1. The number of anilines is 1. The first-order valence-electron chi connectivity index (χ1n) is 7.34. The molecule has 0 heterocycles. The maximum atomic E-state index is 5.74. The quantitative estimate of drug-likeness (QED) is 0.477. The zero-order valence-corrected chi connectivity index (χ0v) is 14.8. The minimum absolute atomic E-state index is 0.442. The highest BCUT2D eigenvalue weighted by Crippen LogP contribution is 2.21. The number of halogens is 1. The van der Waals surface area contributed by atoms with Crippen LogP contribution < -0.4 is 11.1 Å². The van der Waals surface area contributed by atoms with E-state index in [4.69, 9.17) is 18.0 Å². The number of benzene rings is 1. The molecule has 1 rings (SSSR count). The Bertz CT molecular complexity index is 432. The molecule has 0 unspecified atom stereocenters.